The quantitative estimate of drug-likeness (QED) is 0.813. The molecule has 0 aliphatic carbocycles. The topological polar surface area (TPSA) is 80.3 Å². The number of sulfone groups is 2. The van der Waals surface area contributed by atoms with Crippen LogP contribution in [0.1, 0.15) is 11.1 Å². The van der Waals surface area contributed by atoms with Gasteiger partial charge >= 0.3 is 0 Å². The average Bonchev–Trinajstić information content (AvgIpc) is 2.90. The van der Waals surface area contributed by atoms with Gasteiger partial charge in [0, 0.05) is 17.6 Å². The van der Waals surface area contributed by atoms with Gasteiger partial charge in [0.25, 0.3) is 0 Å². The van der Waals surface area contributed by atoms with Crippen molar-refractivity contribution >= 4 is 31.3 Å². The molecule has 1 N–H and O–H groups in total. The van der Waals surface area contributed by atoms with Crippen LogP contribution in [0, 0.1) is 6.92 Å². The fourth-order valence-electron chi connectivity index (χ4n) is 3.10. The highest BCUT2D eigenvalue weighted by Gasteiger charge is 2.45. The average molecular weight is 414 g/mol. The molecule has 2 aromatic carbocycles. The number of hydrogen-bond acceptors (Lipinski definition) is 5. The second-order valence-electron chi connectivity index (χ2n) is 6.55. The third kappa shape index (κ3) is 4.11. The van der Waals surface area contributed by atoms with Crippen LogP contribution in [0.3, 0.4) is 0 Å². The Bertz CT molecular complexity index is 1000. The zero-order chi connectivity index (χ0) is 18.9. The standard InChI is InChI=1S/C18H20ClNO4S2/c1-13-6-8-15(9-7-13)26(23,24)18-12-25(21,22)11-17(18)20-10-14-4-2-3-5-16(14)19/h2-9,17-18,20H,10-12H2,1H3. The molecule has 1 heterocycles. The van der Waals surface area contributed by atoms with Crippen molar-refractivity contribution in [3.05, 3.63) is 64.7 Å². The zero-order valence-electron chi connectivity index (χ0n) is 14.2. The van der Waals surface area contributed by atoms with Crippen molar-refractivity contribution in [1.82, 2.24) is 5.32 Å². The van der Waals surface area contributed by atoms with Crippen molar-refractivity contribution in [1.29, 1.82) is 0 Å². The molecule has 0 saturated carbocycles. The molecule has 0 radical (unpaired) electrons. The summed E-state index contributed by atoms with van der Waals surface area (Å²) >= 11 is 6.13. The SMILES string of the molecule is Cc1ccc(S(=O)(=O)C2CS(=O)(=O)CC2NCc2ccccc2Cl)cc1. The predicted octanol–water partition coefficient (Wildman–Crippen LogP) is 2.38. The van der Waals surface area contributed by atoms with Crippen molar-refractivity contribution in [3.63, 3.8) is 0 Å². The smallest absolute Gasteiger partial charge is 0.183 e. The summed E-state index contributed by atoms with van der Waals surface area (Å²) in [6, 6.07) is 13.0. The first-order valence-electron chi connectivity index (χ1n) is 8.17. The molecule has 1 aliphatic heterocycles. The van der Waals surface area contributed by atoms with Crippen LogP contribution in [0.2, 0.25) is 5.02 Å². The number of hydrogen-bond donors (Lipinski definition) is 1. The minimum atomic E-state index is -3.76. The van der Waals surface area contributed by atoms with Gasteiger partial charge < -0.3 is 5.32 Å². The highest BCUT2D eigenvalue weighted by Crippen LogP contribution is 2.27. The van der Waals surface area contributed by atoms with Gasteiger partial charge in [-0.05, 0) is 30.7 Å². The Morgan fingerprint density at radius 2 is 1.73 bits per heavy atom. The highest BCUT2D eigenvalue weighted by atomic mass is 35.5. The summed E-state index contributed by atoms with van der Waals surface area (Å²) in [5.74, 6) is -0.573. The van der Waals surface area contributed by atoms with E-state index in [-0.39, 0.29) is 16.4 Å². The van der Waals surface area contributed by atoms with Gasteiger partial charge in [0.15, 0.2) is 19.7 Å². The summed E-state index contributed by atoms with van der Waals surface area (Å²) in [5.41, 5.74) is 1.74. The maximum atomic E-state index is 13.0. The number of aryl methyl sites for hydroxylation is 1. The molecule has 1 saturated heterocycles. The van der Waals surface area contributed by atoms with E-state index in [1.807, 2.05) is 19.1 Å². The largest absolute Gasteiger partial charge is 0.308 e. The molecule has 2 atom stereocenters. The van der Waals surface area contributed by atoms with Gasteiger partial charge in [-0.25, -0.2) is 16.8 Å². The van der Waals surface area contributed by atoms with E-state index in [0.717, 1.165) is 11.1 Å². The lowest BCUT2D eigenvalue weighted by Crippen LogP contribution is -2.43. The maximum Gasteiger partial charge on any atom is 0.183 e. The summed E-state index contributed by atoms with van der Waals surface area (Å²) < 4.78 is 50.2. The van der Waals surface area contributed by atoms with Crippen LogP contribution < -0.4 is 5.32 Å². The summed E-state index contributed by atoms with van der Waals surface area (Å²) in [4.78, 5) is 0.148. The van der Waals surface area contributed by atoms with Gasteiger partial charge in [-0.1, -0.05) is 47.5 Å². The molecule has 0 amide bonds. The maximum absolute atomic E-state index is 13.0. The van der Waals surface area contributed by atoms with Gasteiger partial charge in [0.05, 0.1) is 21.7 Å². The first-order valence-corrected chi connectivity index (χ1v) is 11.9. The Labute approximate surface area is 159 Å². The van der Waals surface area contributed by atoms with E-state index in [4.69, 9.17) is 11.6 Å². The Morgan fingerprint density at radius 1 is 1.08 bits per heavy atom. The van der Waals surface area contributed by atoms with Gasteiger partial charge in [0.2, 0.25) is 0 Å². The molecule has 140 valence electrons. The van der Waals surface area contributed by atoms with Crippen molar-refractivity contribution in [2.45, 2.75) is 29.7 Å². The molecular formula is C18H20ClNO4S2. The lowest BCUT2D eigenvalue weighted by atomic mass is 10.2. The van der Waals surface area contributed by atoms with Crippen molar-refractivity contribution in [2.24, 2.45) is 0 Å². The fraction of sp³-hybridized carbons (Fsp3) is 0.333. The van der Waals surface area contributed by atoms with Crippen molar-refractivity contribution in [2.75, 3.05) is 11.5 Å². The van der Waals surface area contributed by atoms with Crippen molar-refractivity contribution < 1.29 is 16.8 Å². The fourth-order valence-corrected chi connectivity index (χ4v) is 8.02. The molecule has 2 aromatic rings. The Morgan fingerprint density at radius 3 is 2.38 bits per heavy atom. The normalized spacial score (nSPS) is 22.4. The molecular weight excluding hydrogens is 394 g/mol. The third-order valence-corrected chi connectivity index (χ3v) is 9.10. The molecule has 5 nitrogen and oxygen atoms in total. The molecule has 0 bridgehead atoms. The molecule has 1 fully saturated rings. The van der Waals surface area contributed by atoms with Crippen LogP contribution in [-0.4, -0.2) is 39.6 Å². The highest BCUT2D eigenvalue weighted by molar-refractivity contribution is 7.96. The minimum absolute atomic E-state index is 0.148. The van der Waals surface area contributed by atoms with E-state index in [9.17, 15) is 16.8 Å². The van der Waals surface area contributed by atoms with Crippen LogP contribution >= 0.6 is 11.6 Å². The van der Waals surface area contributed by atoms with E-state index in [2.05, 4.69) is 5.32 Å². The van der Waals surface area contributed by atoms with Crippen LogP contribution in [-0.2, 0) is 26.2 Å². The van der Waals surface area contributed by atoms with E-state index in [1.54, 1.807) is 24.3 Å². The van der Waals surface area contributed by atoms with E-state index >= 15 is 0 Å². The number of nitrogens with one attached hydrogen (secondary N) is 1. The van der Waals surface area contributed by atoms with Gasteiger partial charge in [-0.2, -0.15) is 0 Å². The zero-order valence-corrected chi connectivity index (χ0v) is 16.6. The molecule has 0 spiro atoms. The molecule has 1 aliphatic rings. The monoisotopic (exact) mass is 413 g/mol. The Balaban J connectivity index is 1.86. The van der Waals surface area contributed by atoms with Gasteiger partial charge in [0.1, 0.15) is 0 Å². The van der Waals surface area contributed by atoms with Crippen LogP contribution in [0.4, 0.5) is 0 Å². The second-order valence-corrected chi connectivity index (χ2v) is 11.3. The number of halogens is 1. The molecule has 26 heavy (non-hydrogen) atoms. The Hall–Kier alpha value is -1.41. The van der Waals surface area contributed by atoms with E-state index in [1.165, 1.54) is 12.1 Å². The number of benzene rings is 2. The van der Waals surface area contributed by atoms with E-state index < -0.39 is 31.0 Å². The van der Waals surface area contributed by atoms with Crippen molar-refractivity contribution in [3.8, 4) is 0 Å². The lowest BCUT2D eigenvalue weighted by molar-refractivity contribution is 0.526. The minimum Gasteiger partial charge on any atom is -0.308 e. The van der Waals surface area contributed by atoms with E-state index in [0.29, 0.717) is 11.6 Å². The van der Waals surface area contributed by atoms with Gasteiger partial charge in [-0.3, -0.25) is 0 Å². The second kappa shape index (κ2) is 7.31. The molecule has 2 unspecified atom stereocenters. The van der Waals surface area contributed by atoms with Crippen LogP contribution in [0.15, 0.2) is 53.4 Å². The third-order valence-electron chi connectivity index (χ3n) is 4.56. The van der Waals surface area contributed by atoms with Crippen LogP contribution in [0.25, 0.3) is 0 Å². The first kappa shape index (κ1) is 19.4. The molecule has 0 aromatic heterocycles. The predicted molar refractivity (Wildman–Crippen MR) is 103 cm³/mol. The summed E-state index contributed by atoms with van der Waals surface area (Å²) in [7, 11) is -7.20. The summed E-state index contributed by atoms with van der Waals surface area (Å²) in [6.45, 7) is 2.17. The number of rotatable bonds is 5. The molecule has 3 rings (SSSR count). The van der Waals surface area contributed by atoms with Crippen LogP contribution in [0.5, 0.6) is 0 Å². The summed E-state index contributed by atoms with van der Waals surface area (Å²) in [6.07, 6.45) is 0. The van der Waals surface area contributed by atoms with Gasteiger partial charge in [-0.15, -0.1) is 0 Å². The summed E-state index contributed by atoms with van der Waals surface area (Å²) in [5, 5.41) is 2.63. The molecule has 8 heteroatoms. The Kier molecular flexibility index (Phi) is 5.44. The lowest BCUT2D eigenvalue weighted by Gasteiger charge is -2.20. The first-order chi connectivity index (χ1) is 12.2.